The molecular weight excluding hydrogens is 338 g/mol. The molecule has 0 saturated carbocycles. The summed E-state index contributed by atoms with van der Waals surface area (Å²) in [6.45, 7) is 2.57. The first-order valence-electron chi connectivity index (χ1n) is 9.51. The first-order valence-corrected chi connectivity index (χ1v) is 9.51. The molecule has 2 aromatic rings. The number of nitrogens with two attached hydrogens (primary N) is 1. The third-order valence-corrected chi connectivity index (χ3v) is 5.10. The number of hydrogen-bond acceptors (Lipinski definition) is 3. The van der Waals surface area contributed by atoms with Crippen LogP contribution < -0.4 is 11.1 Å². The third-order valence-electron chi connectivity index (χ3n) is 5.10. The first-order chi connectivity index (χ1) is 13.0. The van der Waals surface area contributed by atoms with Crippen molar-refractivity contribution in [1.29, 1.82) is 0 Å². The Hall–Kier alpha value is -2.66. The predicted octanol–water partition coefficient (Wildman–Crippen LogP) is 2.59. The van der Waals surface area contributed by atoms with Gasteiger partial charge in [0.25, 0.3) is 5.91 Å². The number of carbonyl (C=O) groups is 2. The molecule has 0 bridgehead atoms. The van der Waals surface area contributed by atoms with Crippen LogP contribution in [-0.4, -0.2) is 42.4 Å². The molecular formula is C22H27N3O2. The van der Waals surface area contributed by atoms with Gasteiger partial charge < -0.3 is 16.0 Å². The largest absolute Gasteiger partial charge is 0.357 e. The van der Waals surface area contributed by atoms with Crippen LogP contribution in [0.1, 0.15) is 35.7 Å². The minimum atomic E-state index is -0.497. The summed E-state index contributed by atoms with van der Waals surface area (Å²) in [5, 5.41) is 2.62. The average Bonchev–Trinajstić information content (AvgIpc) is 3.09. The van der Waals surface area contributed by atoms with Crippen molar-refractivity contribution in [1.82, 2.24) is 10.2 Å². The minimum absolute atomic E-state index is 0.151. The van der Waals surface area contributed by atoms with Crippen molar-refractivity contribution in [2.45, 2.75) is 38.3 Å². The van der Waals surface area contributed by atoms with Crippen LogP contribution in [0.15, 0.2) is 48.5 Å². The third kappa shape index (κ3) is 4.19. The standard InChI is InChI=1S/C22H27N3O2/c1-3-4-15-5-7-16(8-6-15)17-9-11-18(12-10-17)22(27)25-14-19(23)13-20(25)21(26)24-2/h5-12,19-20H,3-4,13-14,23H2,1-2H3,(H,24,26). The van der Waals surface area contributed by atoms with Gasteiger partial charge in [0.1, 0.15) is 6.04 Å². The summed E-state index contributed by atoms with van der Waals surface area (Å²) in [4.78, 5) is 26.5. The van der Waals surface area contributed by atoms with Gasteiger partial charge in [-0.2, -0.15) is 0 Å². The highest BCUT2D eigenvalue weighted by Gasteiger charge is 2.37. The smallest absolute Gasteiger partial charge is 0.254 e. The molecule has 1 heterocycles. The van der Waals surface area contributed by atoms with Crippen LogP contribution in [0, 0.1) is 0 Å². The number of amides is 2. The van der Waals surface area contributed by atoms with Crippen LogP contribution in [0.2, 0.25) is 0 Å². The van der Waals surface area contributed by atoms with Crippen LogP contribution in [0.5, 0.6) is 0 Å². The Morgan fingerprint density at radius 3 is 2.22 bits per heavy atom. The van der Waals surface area contributed by atoms with Crippen LogP contribution >= 0.6 is 0 Å². The first kappa shape index (κ1) is 19.1. The van der Waals surface area contributed by atoms with E-state index in [-0.39, 0.29) is 17.9 Å². The Bertz CT molecular complexity index is 799. The van der Waals surface area contributed by atoms with Gasteiger partial charge in [0.15, 0.2) is 0 Å². The fourth-order valence-electron chi connectivity index (χ4n) is 3.63. The maximum absolute atomic E-state index is 12.9. The van der Waals surface area contributed by atoms with Crippen LogP contribution in [0.3, 0.4) is 0 Å². The number of likely N-dealkylation sites (tertiary alicyclic amines) is 1. The maximum atomic E-state index is 12.9. The lowest BCUT2D eigenvalue weighted by atomic mass is 10.0. The molecule has 1 aliphatic rings. The maximum Gasteiger partial charge on any atom is 0.254 e. The summed E-state index contributed by atoms with van der Waals surface area (Å²) in [6.07, 6.45) is 2.71. The highest BCUT2D eigenvalue weighted by Crippen LogP contribution is 2.24. The Morgan fingerprint density at radius 2 is 1.67 bits per heavy atom. The molecule has 0 spiro atoms. The Morgan fingerprint density at radius 1 is 1.07 bits per heavy atom. The SMILES string of the molecule is CCCc1ccc(-c2ccc(C(=O)N3CC(N)CC3C(=O)NC)cc2)cc1. The minimum Gasteiger partial charge on any atom is -0.357 e. The Balaban J connectivity index is 1.76. The molecule has 0 aromatic heterocycles. The summed E-state index contributed by atoms with van der Waals surface area (Å²) < 4.78 is 0. The number of nitrogens with zero attached hydrogens (tertiary/aromatic N) is 1. The zero-order valence-corrected chi connectivity index (χ0v) is 15.9. The molecule has 27 heavy (non-hydrogen) atoms. The molecule has 3 N–H and O–H groups in total. The highest BCUT2D eigenvalue weighted by atomic mass is 16.2. The predicted molar refractivity (Wildman–Crippen MR) is 107 cm³/mol. The molecule has 142 valence electrons. The van der Waals surface area contributed by atoms with Crippen molar-refractivity contribution in [3.63, 3.8) is 0 Å². The van der Waals surface area contributed by atoms with Gasteiger partial charge >= 0.3 is 0 Å². The van der Waals surface area contributed by atoms with E-state index in [1.165, 1.54) is 5.56 Å². The number of aryl methyl sites for hydroxylation is 1. The number of rotatable bonds is 5. The van der Waals surface area contributed by atoms with Gasteiger partial charge in [0, 0.05) is 25.2 Å². The molecule has 1 aliphatic heterocycles. The van der Waals surface area contributed by atoms with Gasteiger partial charge in [-0.15, -0.1) is 0 Å². The second-order valence-electron chi connectivity index (χ2n) is 7.11. The van der Waals surface area contributed by atoms with E-state index in [1.807, 2.05) is 24.3 Å². The molecule has 1 saturated heterocycles. The van der Waals surface area contributed by atoms with E-state index < -0.39 is 6.04 Å². The van der Waals surface area contributed by atoms with E-state index in [0.29, 0.717) is 18.5 Å². The van der Waals surface area contributed by atoms with Crippen molar-refractivity contribution >= 4 is 11.8 Å². The van der Waals surface area contributed by atoms with Crippen LogP contribution in [0.25, 0.3) is 11.1 Å². The van der Waals surface area contributed by atoms with Crippen molar-refractivity contribution in [2.24, 2.45) is 5.73 Å². The lowest BCUT2D eigenvalue weighted by Crippen LogP contribution is -2.45. The summed E-state index contributed by atoms with van der Waals surface area (Å²) in [5.41, 5.74) is 10.1. The zero-order valence-electron chi connectivity index (χ0n) is 15.9. The van der Waals surface area contributed by atoms with Crippen LogP contribution in [0.4, 0.5) is 0 Å². The van der Waals surface area contributed by atoms with Gasteiger partial charge in [-0.3, -0.25) is 9.59 Å². The van der Waals surface area contributed by atoms with E-state index in [2.05, 4.69) is 36.5 Å². The molecule has 3 rings (SSSR count). The molecule has 5 nitrogen and oxygen atoms in total. The van der Waals surface area contributed by atoms with Gasteiger partial charge in [-0.05, 0) is 41.7 Å². The number of carbonyl (C=O) groups excluding carboxylic acids is 2. The van der Waals surface area contributed by atoms with E-state index in [1.54, 1.807) is 11.9 Å². The monoisotopic (exact) mass is 365 g/mol. The van der Waals surface area contributed by atoms with E-state index in [0.717, 1.165) is 24.0 Å². The molecule has 2 atom stereocenters. The number of benzene rings is 2. The molecule has 0 aliphatic carbocycles. The number of likely N-dealkylation sites (N-methyl/N-ethyl adjacent to an activating group) is 1. The average molecular weight is 365 g/mol. The van der Waals surface area contributed by atoms with Crippen molar-refractivity contribution in [3.05, 3.63) is 59.7 Å². The van der Waals surface area contributed by atoms with Gasteiger partial charge in [0.05, 0.1) is 0 Å². The fraction of sp³-hybridized carbons (Fsp3) is 0.364. The number of nitrogens with one attached hydrogen (secondary N) is 1. The van der Waals surface area contributed by atoms with Crippen molar-refractivity contribution < 1.29 is 9.59 Å². The van der Waals surface area contributed by atoms with Gasteiger partial charge in [0.2, 0.25) is 5.91 Å². The molecule has 2 unspecified atom stereocenters. The summed E-state index contributed by atoms with van der Waals surface area (Å²) in [6, 6.07) is 15.4. The van der Waals surface area contributed by atoms with E-state index in [4.69, 9.17) is 5.73 Å². The molecule has 0 radical (unpaired) electrons. The molecule has 5 heteroatoms. The summed E-state index contributed by atoms with van der Waals surface area (Å²) in [5.74, 6) is -0.318. The lowest BCUT2D eigenvalue weighted by Gasteiger charge is -2.23. The summed E-state index contributed by atoms with van der Waals surface area (Å²) in [7, 11) is 1.58. The highest BCUT2D eigenvalue weighted by molar-refractivity contribution is 5.98. The zero-order chi connectivity index (χ0) is 19.4. The normalized spacial score (nSPS) is 19.1. The topological polar surface area (TPSA) is 75.4 Å². The second-order valence-corrected chi connectivity index (χ2v) is 7.11. The van der Waals surface area contributed by atoms with Crippen LogP contribution in [-0.2, 0) is 11.2 Å². The van der Waals surface area contributed by atoms with Crippen molar-refractivity contribution in [3.8, 4) is 11.1 Å². The lowest BCUT2D eigenvalue weighted by molar-refractivity contribution is -0.124. The van der Waals surface area contributed by atoms with E-state index in [9.17, 15) is 9.59 Å². The number of hydrogen-bond donors (Lipinski definition) is 2. The molecule has 2 aromatic carbocycles. The van der Waals surface area contributed by atoms with E-state index >= 15 is 0 Å². The quantitative estimate of drug-likeness (QED) is 0.855. The molecule has 1 fully saturated rings. The Labute approximate surface area is 160 Å². The fourth-order valence-corrected chi connectivity index (χ4v) is 3.63. The second kappa shape index (κ2) is 8.35. The van der Waals surface area contributed by atoms with Crippen molar-refractivity contribution in [2.75, 3.05) is 13.6 Å². The van der Waals surface area contributed by atoms with Gasteiger partial charge in [-0.25, -0.2) is 0 Å². The Kier molecular flexibility index (Phi) is 5.91. The van der Waals surface area contributed by atoms with Gasteiger partial charge in [-0.1, -0.05) is 49.7 Å². The molecule has 2 amide bonds. The summed E-state index contributed by atoms with van der Waals surface area (Å²) >= 11 is 0.